The Kier molecular flexibility index (Phi) is 4.74. The molecule has 0 bridgehead atoms. The molecular weight excluding hydrogens is 352 g/mol. The summed E-state index contributed by atoms with van der Waals surface area (Å²) in [6.07, 6.45) is 4.90. The summed E-state index contributed by atoms with van der Waals surface area (Å²) in [5.74, 6) is 0.292. The van der Waals surface area contributed by atoms with E-state index >= 15 is 0 Å². The molecule has 0 radical (unpaired) electrons. The van der Waals surface area contributed by atoms with E-state index in [1.165, 1.54) is 5.56 Å². The van der Waals surface area contributed by atoms with Crippen LogP contribution in [0.4, 0.5) is 0 Å². The van der Waals surface area contributed by atoms with Gasteiger partial charge >= 0.3 is 0 Å². The molecule has 1 atom stereocenters. The van der Waals surface area contributed by atoms with Gasteiger partial charge in [0.1, 0.15) is 11.6 Å². The zero-order valence-electron chi connectivity index (χ0n) is 16.0. The lowest BCUT2D eigenvalue weighted by atomic mass is 9.99. The number of likely N-dealkylation sites (tertiary alicyclic amines) is 1. The fraction of sp³-hybridized carbons (Fsp3) is 0.318. The molecule has 4 rings (SSSR count). The summed E-state index contributed by atoms with van der Waals surface area (Å²) in [6, 6.07) is 11.9. The highest BCUT2D eigenvalue weighted by Gasteiger charge is 2.30. The fourth-order valence-electron chi connectivity index (χ4n) is 3.78. The predicted molar refractivity (Wildman–Crippen MR) is 107 cm³/mol. The topological polar surface area (TPSA) is 82.2 Å². The van der Waals surface area contributed by atoms with Crippen LogP contribution in [0.15, 0.2) is 40.8 Å². The average Bonchev–Trinajstić information content (AvgIpc) is 3.38. The second kappa shape index (κ2) is 7.35. The van der Waals surface area contributed by atoms with Gasteiger partial charge in [0.15, 0.2) is 11.8 Å². The van der Waals surface area contributed by atoms with Crippen LogP contribution in [0.25, 0.3) is 22.2 Å². The zero-order chi connectivity index (χ0) is 19.7. The van der Waals surface area contributed by atoms with Gasteiger partial charge in [-0.15, -0.1) is 0 Å². The molecular formula is C22H22N4O2. The minimum Gasteiger partial charge on any atom is -0.438 e. The third kappa shape index (κ3) is 3.09. The third-order valence-corrected chi connectivity index (χ3v) is 5.32. The first-order chi connectivity index (χ1) is 13.6. The molecule has 1 N–H and O–H groups in total. The molecule has 1 aliphatic rings. The monoisotopic (exact) mass is 374 g/mol. The average molecular weight is 374 g/mol. The Hall–Kier alpha value is -3.33. The van der Waals surface area contributed by atoms with Crippen molar-refractivity contribution in [1.29, 1.82) is 5.26 Å². The maximum absolute atomic E-state index is 12.5. The highest BCUT2D eigenvalue weighted by atomic mass is 16.3. The van der Waals surface area contributed by atoms with Gasteiger partial charge in [-0.2, -0.15) is 5.26 Å². The molecule has 142 valence electrons. The van der Waals surface area contributed by atoms with Gasteiger partial charge in [0.25, 0.3) is 5.91 Å². The highest BCUT2D eigenvalue weighted by Crippen LogP contribution is 2.35. The lowest BCUT2D eigenvalue weighted by Gasteiger charge is -2.13. The van der Waals surface area contributed by atoms with Crippen LogP contribution in [0.1, 0.15) is 47.6 Å². The van der Waals surface area contributed by atoms with Crippen molar-refractivity contribution in [3.63, 3.8) is 0 Å². The summed E-state index contributed by atoms with van der Waals surface area (Å²) < 4.78 is 6.05. The number of carbonyl (C=O) groups is 1. The molecule has 1 amide bonds. The number of rotatable bonds is 4. The molecule has 1 saturated heterocycles. The van der Waals surface area contributed by atoms with Crippen LogP contribution in [-0.2, 0) is 6.42 Å². The van der Waals surface area contributed by atoms with Gasteiger partial charge in [-0.05, 0) is 48.1 Å². The van der Waals surface area contributed by atoms with E-state index in [0.717, 1.165) is 30.4 Å². The van der Waals surface area contributed by atoms with Crippen LogP contribution in [0.2, 0.25) is 0 Å². The van der Waals surface area contributed by atoms with E-state index < -0.39 is 0 Å². The zero-order valence-corrected chi connectivity index (χ0v) is 16.0. The largest absolute Gasteiger partial charge is 0.438 e. The molecule has 6 nitrogen and oxygen atoms in total. The minimum atomic E-state index is -0.207. The van der Waals surface area contributed by atoms with Crippen molar-refractivity contribution >= 4 is 17.0 Å². The number of benzene rings is 2. The lowest BCUT2D eigenvalue weighted by Crippen LogP contribution is -2.18. The molecule has 28 heavy (non-hydrogen) atoms. The van der Waals surface area contributed by atoms with Crippen molar-refractivity contribution in [2.45, 2.75) is 32.2 Å². The number of hydrogen-bond acceptors (Lipinski definition) is 5. The highest BCUT2D eigenvalue weighted by molar-refractivity contribution is 6.06. The summed E-state index contributed by atoms with van der Waals surface area (Å²) in [5.41, 5.74) is 4.75. The molecule has 6 heteroatoms. The van der Waals surface area contributed by atoms with E-state index in [4.69, 9.17) is 4.42 Å². The Morgan fingerprint density at radius 3 is 2.96 bits per heavy atom. The number of nitrogens with one attached hydrogen (secondary N) is 1. The molecule has 1 unspecified atom stereocenters. The summed E-state index contributed by atoms with van der Waals surface area (Å²) >= 11 is 0. The molecule has 0 aliphatic carbocycles. The van der Waals surface area contributed by atoms with Crippen molar-refractivity contribution in [1.82, 2.24) is 15.2 Å². The molecule has 3 aromatic rings. The van der Waals surface area contributed by atoms with Crippen molar-refractivity contribution in [2.24, 2.45) is 0 Å². The number of fused-ring (bicyclic) bond motifs is 1. The normalized spacial score (nSPS) is 16.3. The second-order valence-electron chi connectivity index (χ2n) is 7.01. The van der Waals surface area contributed by atoms with E-state index in [9.17, 15) is 10.1 Å². The van der Waals surface area contributed by atoms with Gasteiger partial charge in [-0.3, -0.25) is 9.69 Å². The molecule has 1 aliphatic heterocycles. The lowest BCUT2D eigenvalue weighted by molar-refractivity contribution is 0.0964. The molecule has 1 fully saturated rings. The first kappa shape index (κ1) is 18.1. The summed E-state index contributed by atoms with van der Waals surface area (Å²) in [6.45, 7) is 2.82. The van der Waals surface area contributed by atoms with E-state index in [2.05, 4.69) is 35.6 Å². The quantitative estimate of drug-likeness (QED) is 0.697. The summed E-state index contributed by atoms with van der Waals surface area (Å²) in [5, 5.41) is 12.0. The Balaban J connectivity index is 1.87. The number of nitrogens with zero attached hydrogens (tertiary/aromatic N) is 3. The van der Waals surface area contributed by atoms with Crippen molar-refractivity contribution in [3.8, 4) is 17.3 Å². The SMILES string of the molecule is CCc1cccc(-c2cc(C(=O)NC)c3nc(C4CCCN4C#N)oc3c2)c1. The van der Waals surface area contributed by atoms with Crippen molar-refractivity contribution < 1.29 is 9.21 Å². The number of amides is 1. The second-order valence-corrected chi connectivity index (χ2v) is 7.01. The third-order valence-electron chi connectivity index (χ3n) is 5.32. The Morgan fingerprint density at radius 1 is 1.36 bits per heavy atom. The standard InChI is InChI=1S/C22H22N4O2/c1-3-14-6-4-7-15(10-14)16-11-17(21(27)24-2)20-19(12-16)28-22(25-20)18-8-5-9-26(18)13-23/h4,6-7,10-12,18H,3,5,8-9H2,1-2H3,(H,24,27). The van der Waals surface area contributed by atoms with Crippen LogP contribution in [0, 0.1) is 11.5 Å². The Bertz CT molecular complexity index is 1080. The van der Waals surface area contributed by atoms with Gasteiger partial charge in [-0.25, -0.2) is 4.98 Å². The van der Waals surface area contributed by atoms with Gasteiger partial charge in [-0.1, -0.05) is 31.2 Å². The number of hydrogen-bond donors (Lipinski definition) is 1. The Morgan fingerprint density at radius 2 is 2.21 bits per heavy atom. The molecule has 0 saturated carbocycles. The van der Waals surface area contributed by atoms with Crippen LogP contribution in [0.3, 0.4) is 0 Å². The van der Waals surface area contributed by atoms with Gasteiger partial charge in [0.2, 0.25) is 5.89 Å². The number of oxazole rings is 1. The van der Waals surface area contributed by atoms with E-state index in [1.807, 2.05) is 24.3 Å². The van der Waals surface area contributed by atoms with Gasteiger partial charge in [0.05, 0.1) is 5.56 Å². The number of aromatic nitrogens is 1. The number of carbonyl (C=O) groups excluding carboxylic acids is 1. The Labute approximate surface area is 163 Å². The molecule has 1 aromatic heterocycles. The van der Waals surface area contributed by atoms with Gasteiger partial charge in [0, 0.05) is 13.6 Å². The van der Waals surface area contributed by atoms with Crippen LogP contribution in [-0.4, -0.2) is 29.4 Å². The van der Waals surface area contributed by atoms with E-state index in [0.29, 0.717) is 29.1 Å². The van der Waals surface area contributed by atoms with Crippen LogP contribution < -0.4 is 5.32 Å². The van der Waals surface area contributed by atoms with Crippen LogP contribution in [0.5, 0.6) is 0 Å². The van der Waals surface area contributed by atoms with Gasteiger partial charge < -0.3 is 9.73 Å². The van der Waals surface area contributed by atoms with Crippen LogP contribution >= 0.6 is 0 Å². The summed E-state index contributed by atoms with van der Waals surface area (Å²) in [7, 11) is 1.61. The van der Waals surface area contributed by atoms with Crippen molar-refractivity contribution in [3.05, 3.63) is 53.4 Å². The maximum atomic E-state index is 12.5. The molecule has 0 spiro atoms. The minimum absolute atomic E-state index is 0.165. The molecule has 2 aromatic carbocycles. The first-order valence-corrected chi connectivity index (χ1v) is 9.56. The first-order valence-electron chi connectivity index (χ1n) is 9.56. The summed E-state index contributed by atoms with van der Waals surface area (Å²) in [4.78, 5) is 18.8. The van der Waals surface area contributed by atoms with Crippen molar-refractivity contribution in [2.75, 3.05) is 13.6 Å². The number of nitriles is 1. The smallest absolute Gasteiger partial charge is 0.253 e. The van der Waals surface area contributed by atoms with E-state index in [-0.39, 0.29) is 11.9 Å². The maximum Gasteiger partial charge on any atom is 0.253 e. The molecule has 2 heterocycles. The van der Waals surface area contributed by atoms with E-state index in [1.54, 1.807) is 11.9 Å². The predicted octanol–water partition coefficient (Wildman–Crippen LogP) is 4.03. The fourth-order valence-corrected chi connectivity index (χ4v) is 3.78. The number of aryl methyl sites for hydroxylation is 1.